The summed E-state index contributed by atoms with van der Waals surface area (Å²) in [5.41, 5.74) is 0.162. The fourth-order valence-electron chi connectivity index (χ4n) is 2.55. The van der Waals surface area contributed by atoms with Crippen LogP contribution in [0.1, 0.15) is 0 Å². The molecule has 1 aromatic heterocycles. The van der Waals surface area contributed by atoms with Crippen molar-refractivity contribution in [2.45, 2.75) is 4.90 Å². The smallest absolute Gasteiger partial charge is 0.265 e. The molecular weight excluding hydrogens is 331 g/mol. The zero-order valence-electron chi connectivity index (χ0n) is 12.6. The van der Waals surface area contributed by atoms with E-state index in [9.17, 15) is 17.9 Å². The van der Waals surface area contributed by atoms with Crippen LogP contribution in [-0.4, -0.2) is 31.7 Å². The van der Waals surface area contributed by atoms with Gasteiger partial charge in [-0.25, -0.2) is 12.8 Å². The number of rotatable bonds is 5. The number of anilines is 1. The largest absolute Gasteiger partial charge is 0.394 e. The number of aliphatic hydroxyl groups excluding tert-OH is 1. The Morgan fingerprint density at radius 2 is 1.92 bits per heavy atom. The lowest BCUT2D eigenvalue weighted by atomic mass is 10.2. The van der Waals surface area contributed by atoms with Crippen LogP contribution in [0.5, 0.6) is 0 Å². The number of pyridine rings is 1. The van der Waals surface area contributed by atoms with Crippen LogP contribution in [-0.2, 0) is 10.0 Å². The van der Waals surface area contributed by atoms with E-state index in [0.717, 1.165) is 10.4 Å². The van der Waals surface area contributed by atoms with Crippen LogP contribution in [0, 0.1) is 5.82 Å². The van der Waals surface area contributed by atoms with Crippen molar-refractivity contribution in [1.82, 2.24) is 4.98 Å². The van der Waals surface area contributed by atoms with Gasteiger partial charge in [0.05, 0.1) is 23.7 Å². The van der Waals surface area contributed by atoms with Gasteiger partial charge in [-0.2, -0.15) is 0 Å². The summed E-state index contributed by atoms with van der Waals surface area (Å²) in [5, 5.41) is 10.5. The number of aliphatic hydroxyl groups is 1. The molecule has 0 saturated carbocycles. The number of hydrogen-bond donors (Lipinski definition) is 1. The number of benzene rings is 2. The number of fused-ring (bicyclic) bond motifs is 1. The van der Waals surface area contributed by atoms with Gasteiger partial charge in [-0.3, -0.25) is 9.29 Å². The molecule has 0 unspecified atom stereocenters. The Morgan fingerprint density at radius 3 is 2.67 bits per heavy atom. The van der Waals surface area contributed by atoms with Crippen molar-refractivity contribution >= 4 is 26.5 Å². The molecule has 124 valence electrons. The van der Waals surface area contributed by atoms with Crippen molar-refractivity contribution in [2.75, 3.05) is 17.5 Å². The van der Waals surface area contributed by atoms with Gasteiger partial charge in [-0.05, 0) is 30.3 Å². The average molecular weight is 346 g/mol. The van der Waals surface area contributed by atoms with Crippen molar-refractivity contribution < 1.29 is 17.9 Å². The minimum atomic E-state index is -3.98. The molecule has 0 aliphatic carbocycles. The second kappa shape index (κ2) is 6.54. The molecule has 0 bridgehead atoms. The summed E-state index contributed by atoms with van der Waals surface area (Å²) < 4.78 is 40.8. The van der Waals surface area contributed by atoms with Crippen LogP contribution in [0.3, 0.4) is 0 Å². The second-order valence-corrected chi connectivity index (χ2v) is 6.96. The first-order valence-electron chi connectivity index (χ1n) is 7.26. The lowest BCUT2D eigenvalue weighted by molar-refractivity contribution is 0.306. The van der Waals surface area contributed by atoms with E-state index in [-0.39, 0.29) is 23.7 Å². The highest BCUT2D eigenvalue weighted by molar-refractivity contribution is 7.93. The molecule has 7 heteroatoms. The molecule has 0 spiro atoms. The molecule has 0 atom stereocenters. The van der Waals surface area contributed by atoms with E-state index in [1.807, 2.05) is 0 Å². The highest BCUT2D eigenvalue weighted by atomic mass is 32.2. The van der Waals surface area contributed by atoms with E-state index in [4.69, 9.17) is 0 Å². The second-order valence-electron chi connectivity index (χ2n) is 5.13. The van der Waals surface area contributed by atoms with Crippen molar-refractivity contribution in [1.29, 1.82) is 0 Å². The fraction of sp³-hybridized carbons (Fsp3) is 0.118. The minimum absolute atomic E-state index is 0.0834. The molecule has 1 N–H and O–H groups in total. The van der Waals surface area contributed by atoms with Crippen molar-refractivity contribution in [3.63, 3.8) is 0 Å². The quantitative estimate of drug-likeness (QED) is 0.771. The number of nitrogens with zero attached hydrogens (tertiary/aromatic N) is 2. The van der Waals surface area contributed by atoms with Crippen LogP contribution in [0.25, 0.3) is 10.8 Å². The Kier molecular flexibility index (Phi) is 4.46. The van der Waals surface area contributed by atoms with Crippen LogP contribution in [0.2, 0.25) is 0 Å². The zero-order valence-corrected chi connectivity index (χ0v) is 13.4. The first kappa shape index (κ1) is 16.4. The molecule has 0 fully saturated rings. The minimum Gasteiger partial charge on any atom is -0.394 e. The Hall–Kier alpha value is -2.51. The summed E-state index contributed by atoms with van der Waals surface area (Å²) >= 11 is 0. The third-order valence-corrected chi connectivity index (χ3v) is 5.49. The number of sulfonamides is 1. The van der Waals surface area contributed by atoms with Crippen molar-refractivity contribution in [2.24, 2.45) is 0 Å². The highest BCUT2D eigenvalue weighted by Gasteiger charge is 2.26. The molecule has 3 rings (SSSR count). The normalized spacial score (nSPS) is 11.6. The van der Waals surface area contributed by atoms with Gasteiger partial charge in [0, 0.05) is 23.2 Å². The SMILES string of the molecule is O=S(=O)(c1cccc2cnccc12)N(CCO)c1cccc(F)c1. The molecule has 1 heterocycles. The maximum atomic E-state index is 13.5. The molecule has 0 radical (unpaired) electrons. The van der Waals surface area contributed by atoms with Crippen molar-refractivity contribution in [3.8, 4) is 0 Å². The maximum Gasteiger partial charge on any atom is 0.265 e. The third kappa shape index (κ3) is 2.95. The lowest BCUT2D eigenvalue weighted by Crippen LogP contribution is -2.33. The van der Waals surface area contributed by atoms with Gasteiger partial charge in [0.2, 0.25) is 0 Å². The predicted molar refractivity (Wildman–Crippen MR) is 89.8 cm³/mol. The standard InChI is InChI=1S/C17H15FN2O3S/c18-14-4-2-5-15(11-14)20(9-10-21)24(22,23)17-6-1-3-13-12-19-8-7-16(13)17/h1-8,11-12,21H,9-10H2. The van der Waals surface area contributed by atoms with E-state index in [1.165, 1.54) is 30.5 Å². The molecule has 5 nitrogen and oxygen atoms in total. The third-order valence-electron chi connectivity index (χ3n) is 3.61. The van der Waals surface area contributed by atoms with E-state index in [1.54, 1.807) is 24.4 Å². The summed E-state index contributed by atoms with van der Waals surface area (Å²) in [6.07, 6.45) is 3.09. The fourth-order valence-corrected chi connectivity index (χ4v) is 4.21. The summed E-state index contributed by atoms with van der Waals surface area (Å²) in [6, 6.07) is 11.8. The van der Waals surface area contributed by atoms with E-state index >= 15 is 0 Å². The molecule has 2 aromatic carbocycles. The Morgan fingerprint density at radius 1 is 1.12 bits per heavy atom. The average Bonchev–Trinajstić information content (AvgIpc) is 2.59. The van der Waals surface area contributed by atoms with Gasteiger partial charge in [0.1, 0.15) is 5.82 Å². The summed E-state index contributed by atoms with van der Waals surface area (Å²) in [5.74, 6) is -0.548. The Bertz CT molecular complexity index is 971. The summed E-state index contributed by atoms with van der Waals surface area (Å²) in [7, 11) is -3.98. The molecule has 0 aliphatic rings. The Labute approximate surface area is 139 Å². The van der Waals surface area contributed by atoms with Crippen LogP contribution < -0.4 is 4.31 Å². The summed E-state index contributed by atoms with van der Waals surface area (Å²) in [4.78, 5) is 4.07. The van der Waals surface area contributed by atoms with Gasteiger partial charge in [-0.15, -0.1) is 0 Å². The molecule has 0 saturated heterocycles. The van der Waals surface area contributed by atoms with E-state index < -0.39 is 15.8 Å². The topological polar surface area (TPSA) is 70.5 Å². The number of hydrogen-bond acceptors (Lipinski definition) is 4. The first-order chi connectivity index (χ1) is 11.5. The molecular formula is C17H15FN2O3S. The van der Waals surface area contributed by atoms with Gasteiger partial charge >= 0.3 is 0 Å². The Balaban J connectivity index is 2.19. The number of aromatic nitrogens is 1. The maximum absolute atomic E-state index is 13.5. The van der Waals surface area contributed by atoms with Gasteiger partial charge in [0.25, 0.3) is 10.0 Å². The van der Waals surface area contributed by atoms with Gasteiger partial charge in [0.15, 0.2) is 0 Å². The molecule has 24 heavy (non-hydrogen) atoms. The molecule has 0 aliphatic heterocycles. The van der Waals surface area contributed by atoms with Gasteiger partial charge in [-0.1, -0.05) is 18.2 Å². The molecule has 0 amide bonds. The monoisotopic (exact) mass is 346 g/mol. The first-order valence-corrected chi connectivity index (χ1v) is 8.70. The highest BCUT2D eigenvalue weighted by Crippen LogP contribution is 2.28. The van der Waals surface area contributed by atoms with E-state index in [0.29, 0.717) is 10.8 Å². The lowest BCUT2D eigenvalue weighted by Gasteiger charge is -2.24. The predicted octanol–water partition coefficient (Wildman–Crippen LogP) is 2.56. The van der Waals surface area contributed by atoms with E-state index in [2.05, 4.69) is 4.98 Å². The van der Waals surface area contributed by atoms with Crippen molar-refractivity contribution in [3.05, 3.63) is 66.7 Å². The van der Waals surface area contributed by atoms with Crippen LogP contribution >= 0.6 is 0 Å². The molecule has 3 aromatic rings. The number of halogens is 1. The van der Waals surface area contributed by atoms with Gasteiger partial charge < -0.3 is 5.11 Å². The summed E-state index contributed by atoms with van der Waals surface area (Å²) in [6.45, 7) is -0.560. The van der Waals surface area contributed by atoms with Crippen LogP contribution in [0.15, 0.2) is 65.8 Å². The zero-order chi connectivity index (χ0) is 17.2. The van der Waals surface area contributed by atoms with Crippen LogP contribution in [0.4, 0.5) is 10.1 Å².